The van der Waals surface area contributed by atoms with E-state index in [1.807, 2.05) is 6.20 Å². The van der Waals surface area contributed by atoms with Gasteiger partial charge in [0.1, 0.15) is 6.33 Å². The van der Waals surface area contributed by atoms with E-state index in [-0.39, 0.29) is 0 Å². The van der Waals surface area contributed by atoms with E-state index in [0.29, 0.717) is 5.92 Å². The maximum absolute atomic E-state index is 5.45. The fraction of sp³-hybridized carbons (Fsp3) is 0.571. The molecule has 1 aromatic heterocycles. The zero-order valence-electron chi connectivity index (χ0n) is 5.83. The van der Waals surface area contributed by atoms with Gasteiger partial charge in [0.05, 0.1) is 5.69 Å². The molecular weight excluding hydrogens is 126 g/mol. The molecule has 1 heterocycles. The number of rotatable bonds is 1. The second-order valence-corrected chi connectivity index (χ2v) is 2.87. The molecular formula is C7H11N3. The molecule has 0 aliphatic heterocycles. The van der Waals surface area contributed by atoms with Gasteiger partial charge >= 0.3 is 0 Å². The molecule has 0 spiro atoms. The predicted molar refractivity (Wildman–Crippen MR) is 39.0 cm³/mol. The minimum atomic E-state index is 0.699. The Morgan fingerprint density at radius 2 is 2.40 bits per heavy atom. The molecule has 10 heavy (non-hydrogen) atoms. The molecule has 3 heteroatoms. The lowest BCUT2D eigenvalue weighted by Gasteiger charge is -2.22. The average molecular weight is 137 g/mol. The van der Waals surface area contributed by atoms with Gasteiger partial charge in [0.25, 0.3) is 0 Å². The Morgan fingerprint density at radius 3 is 2.80 bits per heavy atom. The maximum atomic E-state index is 5.45. The highest BCUT2D eigenvalue weighted by Crippen LogP contribution is 2.34. The number of aromatic nitrogens is 2. The van der Waals surface area contributed by atoms with Crippen molar-refractivity contribution in [3.8, 4) is 0 Å². The van der Waals surface area contributed by atoms with Crippen LogP contribution in [0, 0.1) is 0 Å². The van der Waals surface area contributed by atoms with E-state index in [4.69, 9.17) is 5.84 Å². The lowest BCUT2D eigenvalue weighted by molar-refractivity contribution is 0.412. The van der Waals surface area contributed by atoms with Crippen molar-refractivity contribution in [3.05, 3.63) is 18.2 Å². The van der Waals surface area contributed by atoms with Crippen LogP contribution in [-0.2, 0) is 0 Å². The van der Waals surface area contributed by atoms with Gasteiger partial charge in [-0.25, -0.2) is 4.98 Å². The summed E-state index contributed by atoms with van der Waals surface area (Å²) in [5.74, 6) is 6.15. The lowest BCUT2D eigenvalue weighted by atomic mass is 9.83. The van der Waals surface area contributed by atoms with Gasteiger partial charge in [0.15, 0.2) is 0 Å². The van der Waals surface area contributed by atoms with Crippen molar-refractivity contribution in [3.63, 3.8) is 0 Å². The molecule has 0 radical (unpaired) electrons. The number of nitrogens with two attached hydrogens (primary N) is 1. The van der Waals surface area contributed by atoms with Crippen LogP contribution in [0.1, 0.15) is 30.9 Å². The Balaban J connectivity index is 2.17. The second-order valence-electron chi connectivity index (χ2n) is 2.87. The van der Waals surface area contributed by atoms with Crippen LogP contribution in [0.15, 0.2) is 12.5 Å². The first-order chi connectivity index (χ1) is 4.86. The van der Waals surface area contributed by atoms with Crippen LogP contribution in [-0.4, -0.2) is 9.66 Å². The Kier molecular flexibility index (Phi) is 1.16. The van der Waals surface area contributed by atoms with E-state index >= 15 is 0 Å². The third-order valence-corrected chi connectivity index (χ3v) is 2.14. The van der Waals surface area contributed by atoms with E-state index in [1.165, 1.54) is 23.9 Å². The monoisotopic (exact) mass is 137 g/mol. The van der Waals surface area contributed by atoms with Crippen molar-refractivity contribution in [1.82, 2.24) is 9.66 Å². The fourth-order valence-corrected chi connectivity index (χ4v) is 1.27. The zero-order valence-corrected chi connectivity index (χ0v) is 5.83. The third kappa shape index (κ3) is 0.781. The highest BCUT2D eigenvalue weighted by molar-refractivity contribution is 5.07. The Morgan fingerprint density at radius 1 is 1.60 bits per heavy atom. The summed E-state index contributed by atoms with van der Waals surface area (Å²) in [5, 5.41) is 0. The van der Waals surface area contributed by atoms with Gasteiger partial charge < -0.3 is 5.84 Å². The molecule has 0 amide bonds. The number of nitrogen functional groups attached to an aromatic ring is 1. The SMILES string of the molecule is Nn1cnc(C2CCC2)c1. The molecule has 3 nitrogen and oxygen atoms in total. The molecule has 0 bridgehead atoms. The standard InChI is InChI=1S/C7H11N3/c8-10-4-7(9-5-10)6-2-1-3-6/h4-6H,1-3,8H2. The quantitative estimate of drug-likeness (QED) is 0.583. The molecule has 0 aromatic carbocycles. The van der Waals surface area contributed by atoms with Crippen molar-refractivity contribution in [2.45, 2.75) is 25.2 Å². The van der Waals surface area contributed by atoms with Gasteiger partial charge in [-0.15, -0.1) is 0 Å². The maximum Gasteiger partial charge on any atom is 0.114 e. The molecule has 0 unspecified atom stereocenters. The summed E-state index contributed by atoms with van der Waals surface area (Å²) in [5.41, 5.74) is 1.16. The van der Waals surface area contributed by atoms with E-state index < -0.39 is 0 Å². The molecule has 0 atom stereocenters. The summed E-state index contributed by atoms with van der Waals surface area (Å²) >= 11 is 0. The third-order valence-electron chi connectivity index (χ3n) is 2.14. The van der Waals surface area contributed by atoms with Gasteiger partial charge in [0, 0.05) is 12.1 Å². The van der Waals surface area contributed by atoms with E-state index in [2.05, 4.69) is 4.98 Å². The smallest absolute Gasteiger partial charge is 0.114 e. The summed E-state index contributed by atoms with van der Waals surface area (Å²) in [6, 6.07) is 0. The molecule has 1 saturated carbocycles. The van der Waals surface area contributed by atoms with Crippen LogP contribution >= 0.6 is 0 Å². The first-order valence-corrected chi connectivity index (χ1v) is 3.65. The van der Waals surface area contributed by atoms with Gasteiger partial charge in [-0.2, -0.15) is 0 Å². The van der Waals surface area contributed by atoms with Crippen LogP contribution < -0.4 is 5.84 Å². The summed E-state index contributed by atoms with van der Waals surface area (Å²) in [7, 11) is 0. The van der Waals surface area contributed by atoms with Gasteiger partial charge in [0.2, 0.25) is 0 Å². The summed E-state index contributed by atoms with van der Waals surface area (Å²) in [4.78, 5) is 4.18. The fourth-order valence-electron chi connectivity index (χ4n) is 1.27. The molecule has 2 N–H and O–H groups in total. The van der Waals surface area contributed by atoms with Crippen LogP contribution in [0.5, 0.6) is 0 Å². The number of imidazole rings is 1. The summed E-state index contributed by atoms with van der Waals surface area (Å²) in [6.45, 7) is 0. The van der Waals surface area contributed by atoms with Crippen LogP contribution in [0.4, 0.5) is 0 Å². The molecule has 54 valence electrons. The van der Waals surface area contributed by atoms with Crippen LogP contribution in [0.2, 0.25) is 0 Å². The molecule has 1 fully saturated rings. The Labute approximate surface area is 59.8 Å². The number of hydrogen-bond donors (Lipinski definition) is 1. The minimum absolute atomic E-state index is 0.699. The highest BCUT2D eigenvalue weighted by Gasteiger charge is 2.21. The van der Waals surface area contributed by atoms with E-state index in [0.717, 1.165) is 5.69 Å². The first kappa shape index (κ1) is 5.77. The van der Waals surface area contributed by atoms with Crippen LogP contribution in [0.25, 0.3) is 0 Å². The predicted octanol–water partition coefficient (Wildman–Crippen LogP) is 0.864. The minimum Gasteiger partial charge on any atom is -0.338 e. The van der Waals surface area contributed by atoms with E-state index in [9.17, 15) is 0 Å². The highest BCUT2D eigenvalue weighted by atomic mass is 15.3. The normalized spacial score (nSPS) is 18.8. The zero-order chi connectivity index (χ0) is 6.97. The Hall–Kier alpha value is -0.990. The van der Waals surface area contributed by atoms with Crippen LogP contribution in [0.3, 0.4) is 0 Å². The number of nitrogens with zero attached hydrogens (tertiary/aromatic N) is 2. The molecule has 0 saturated heterocycles. The van der Waals surface area contributed by atoms with Gasteiger partial charge in [-0.1, -0.05) is 6.42 Å². The van der Waals surface area contributed by atoms with Gasteiger partial charge in [-0.3, -0.25) is 4.68 Å². The van der Waals surface area contributed by atoms with Crippen molar-refractivity contribution in [1.29, 1.82) is 0 Å². The summed E-state index contributed by atoms with van der Waals surface area (Å²) < 4.78 is 1.52. The van der Waals surface area contributed by atoms with Crippen molar-refractivity contribution in [2.75, 3.05) is 5.84 Å². The number of hydrogen-bond acceptors (Lipinski definition) is 2. The second kappa shape index (κ2) is 2.01. The topological polar surface area (TPSA) is 43.8 Å². The molecule has 1 aromatic rings. The first-order valence-electron chi connectivity index (χ1n) is 3.65. The largest absolute Gasteiger partial charge is 0.338 e. The molecule has 1 aliphatic carbocycles. The molecule has 1 aliphatic rings. The summed E-state index contributed by atoms with van der Waals surface area (Å²) in [6.07, 6.45) is 7.49. The van der Waals surface area contributed by atoms with Crippen molar-refractivity contribution >= 4 is 0 Å². The lowest BCUT2D eigenvalue weighted by Crippen LogP contribution is -2.09. The van der Waals surface area contributed by atoms with E-state index in [1.54, 1.807) is 6.33 Å². The van der Waals surface area contributed by atoms with Crippen molar-refractivity contribution in [2.24, 2.45) is 0 Å². The Bertz CT molecular complexity index is 225. The molecule has 2 rings (SSSR count). The van der Waals surface area contributed by atoms with Crippen molar-refractivity contribution < 1.29 is 0 Å². The average Bonchev–Trinajstić information content (AvgIpc) is 2.10. The van der Waals surface area contributed by atoms with Gasteiger partial charge in [-0.05, 0) is 12.8 Å².